The summed E-state index contributed by atoms with van der Waals surface area (Å²) in [5, 5.41) is 0.322. The molecule has 4 rings (SSSR count). The van der Waals surface area contributed by atoms with Crippen LogP contribution in [0, 0.1) is 6.92 Å². The Bertz CT molecular complexity index is 1270. The van der Waals surface area contributed by atoms with Crippen molar-refractivity contribution in [3.8, 4) is 11.5 Å². The molecule has 2 aromatic carbocycles. The summed E-state index contributed by atoms with van der Waals surface area (Å²) in [6.07, 6.45) is 1.57. The molecule has 1 amide bonds. The Hall–Kier alpha value is -3.21. The van der Waals surface area contributed by atoms with Gasteiger partial charge in [0.2, 0.25) is 5.91 Å². The molecular weight excluding hydrogens is 470 g/mol. The van der Waals surface area contributed by atoms with Crippen molar-refractivity contribution in [2.75, 3.05) is 19.1 Å². The van der Waals surface area contributed by atoms with E-state index >= 15 is 0 Å². The van der Waals surface area contributed by atoms with Gasteiger partial charge in [-0.05, 0) is 31.2 Å². The van der Waals surface area contributed by atoms with Gasteiger partial charge < -0.3 is 9.47 Å². The average molecular weight is 492 g/mol. The molecule has 0 aliphatic carbocycles. The Morgan fingerprint density at radius 2 is 1.79 bits per heavy atom. The van der Waals surface area contributed by atoms with E-state index in [1.807, 2.05) is 19.1 Å². The molecule has 11 heteroatoms. The van der Waals surface area contributed by atoms with E-state index in [1.54, 1.807) is 37.3 Å². The number of hydrogen-bond donors (Lipinski definition) is 1. The van der Waals surface area contributed by atoms with Crippen LogP contribution in [-0.4, -0.2) is 43.1 Å². The number of aromatic nitrogens is 2. The summed E-state index contributed by atoms with van der Waals surface area (Å²) in [7, 11) is -0.848. The first-order valence-corrected chi connectivity index (χ1v) is 11.5. The van der Waals surface area contributed by atoms with E-state index in [1.165, 1.54) is 18.5 Å². The van der Waals surface area contributed by atoms with Crippen molar-refractivity contribution in [2.24, 2.45) is 0 Å². The maximum atomic E-state index is 12.2. The van der Waals surface area contributed by atoms with Gasteiger partial charge in [-0.3, -0.25) is 14.2 Å². The summed E-state index contributed by atoms with van der Waals surface area (Å²) < 4.78 is 40.1. The number of rotatable bonds is 5. The smallest absolute Gasteiger partial charge is 0.294 e. The molecule has 0 unspecified atom stereocenters. The highest BCUT2D eigenvalue weighted by molar-refractivity contribution is 7.85. The predicted octanol–water partition coefficient (Wildman–Crippen LogP) is 3.48. The molecule has 0 fully saturated rings. The van der Waals surface area contributed by atoms with E-state index in [9.17, 15) is 13.2 Å². The number of carbonyl (C=O) groups excluding carboxylic acids is 1. The van der Waals surface area contributed by atoms with E-state index in [4.69, 9.17) is 25.6 Å². The van der Waals surface area contributed by atoms with Crippen molar-refractivity contribution >= 4 is 33.4 Å². The number of fused-ring (bicyclic) bond motifs is 1. The quantitative estimate of drug-likeness (QED) is 0.425. The number of aryl methyl sites for hydroxylation is 1. The minimum atomic E-state index is -4.02. The normalized spacial score (nSPS) is 12.6. The van der Waals surface area contributed by atoms with Crippen molar-refractivity contribution in [2.45, 2.75) is 24.8 Å². The molecule has 3 aromatic rings. The minimum Gasteiger partial charge on any atom is -0.497 e. The SMILES string of the molecule is COc1ccc(CN2C(=O)Cc3c(Cl)ncnc32)c(OC)c1.Cc1ccc(S(=O)(=O)O)cc1. The number of amides is 1. The van der Waals surface area contributed by atoms with Crippen LogP contribution in [0.25, 0.3) is 0 Å². The average Bonchev–Trinajstić information content (AvgIpc) is 3.10. The van der Waals surface area contributed by atoms with Crippen molar-refractivity contribution < 1.29 is 27.2 Å². The largest absolute Gasteiger partial charge is 0.497 e. The lowest BCUT2D eigenvalue weighted by molar-refractivity contribution is -0.117. The van der Waals surface area contributed by atoms with Gasteiger partial charge in [-0.1, -0.05) is 29.3 Å². The van der Waals surface area contributed by atoms with Gasteiger partial charge >= 0.3 is 0 Å². The monoisotopic (exact) mass is 491 g/mol. The molecule has 1 aliphatic heterocycles. The summed E-state index contributed by atoms with van der Waals surface area (Å²) in [6, 6.07) is 11.5. The molecule has 0 saturated carbocycles. The van der Waals surface area contributed by atoms with E-state index in [0.29, 0.717) is 34.6 Å². The van der Waals surface area contributed by atoms with Crippen LogP contribution in [0.3, 0.4) is 0 Å². The van der Waals surface area contributed by atoms with Crippen molar-refractivity contribution in [1.29, 1.82) is 0 Å². The topological polar surface area (TPSA) is 119 Å². The zero-order valence-corrected chi connectivity index (χ0v) is 19.7. The Labute approximate surface area is 196 Å². The third-order valence-corrected chi connectivity index (χ3v) is 6.09. The fourth-order valence-electron chi connectivity index (χ4n) is 3.16. The van der Waals surface area contributed by atoms with Crippen LogP contribution in [0.1, 0.15) is 16.7 Å². The van der Waals surface area contributed by atoms with Gasteiger partial charge in [0.15, 0.2) is 0 Å². The molecule has 1 aromatic heterocycles. The van der Waals surface area contributed by atoms with Gasteiger partial charge in [-0.25, -0.2) is 9.97 Å². The van der Waals surface area contributed by atoms with Gasteiger partial charge in [0, 0.05) is 17.2 Å². The second-order valence-electron chi connectivity index (χ2n) is 7.09. The Morgan fingerprint density at radius 3 is 2.39 bits per heavy atom. The van der Waals surface area contributed by atoms with Crippen LogP contribution in [0.15, 0.2) is 53.7 Å². The third-order valence-electron chi connectivity index (χ3n) is 4.90. The molecule has 9 nitrogen and oxygen atoms in total. The van der Waals surface area contributed by atoms with Crippen LogP contribution in [-0.2, 0) is 27.9 Å². The van der Waals surface area contributed by atoms with Crippen LogP contribution in [0.4, 0.5) is 5.82 Å². The molecule has 33 heavy (non-hydrogen) atoms. The number of ether oxygens (including phenoxy) is 2. The zero-order chi connectivity index (χ0) is 24.2. The predicted molar refractivity (Wildman–Crippen MR) is 122 cm³/mol. The molecule has 0 spiro atoms. The lowest BCUT2D eigenvalue weighted by atomic mass is 10.2. The number of halogens is 1. The number of benzene rings is 2. The van der Waals surface area contributed by atoms with Crippen molar-refractivity contribution in [3.63, 3.8) is 0 Å². The second-order valence-corrected chi connectivity index (χ2v) is 8.87. The Kier molecular flexibility index (Phi) is 7.52. The van der Waals surface area contributed by atoms with E-state index in [-0.39, 0.29) is 17.2 Å². The minimum absolute atomic E-state index is 0.0599. The highest BCUT2D eigenvalue weighted by Gasteiger charge is 2.31. The van der Waals surface area contributed by atoms with Crippen LogP contribution in [0.2, 0.25) is 5.15 Å². The number of hydrogen-bond acceptors (Lipinski definition) is 7. The zero-order valence-electron chi connectivity index (χ0n) is 18.1. The first-order chi connectivity index (χ1) is 15.6. The molecule has 0 saturated heterocycles. The van der Waals surface area contributed by atoms with Gasteiger partial charge in [-0.15, -0.1) is 0 Å². The lowest BCUT2D eigenvalue weighted by Gasteiger charge is -2.18. The van der Waals surface area contributed by atoms with Gasteiger partial charge in [0.1, 0.15) is 28.8 Å². The Morgan fingerprint density at radius 1 is 1.09 bits per heavy atom. The molecule has 1 N–H and O–H groups in total. The van der Waals surface area contributed by atoms with Crippen molar-refractivity contribution in [1.82, 2.24) is 9.97 Å². The van der Waals surface area contributed by atoms with Crippen molar-refractivity contribution in [3.05, 3.63) is 70.6 Å². The first kappa shape index (κ1) is 24.4. The van der Waals surface area contributed by atoms with E-state index < -0.39 is 10.1 Å². The maximum absolute atomic E-state index is 12.2. The van der Waals surface area contributed by atoms with Gasteiger partial charge in [0.05, 0.1) is 32.1 Å². The second kappa shape index (κ2) is 10.2. The molecule has 1 aliphatic rings. The van der Waals surface area contributed by atoms with Crippen LogP contribution >= 0.6 is 11.6 Å². The molecule has 2 heterocycles. The highest BCUT2D eigenvalue weighted by atomic mass is 35.5. The van der Waals surface area contributed by atoms with E-state index in [2.05, 4.69) is 9.97 Å². The van der Waals surface area contributed by atoms with Gasteiger partial charge in [-0.2, -0.15) is 8.42 Å². The fraction of sp³-hybridized carbons (Fsp3) is 0.227. The molecule has 0 radical (unpaired) electrons. The summed E-state index contributed by atoms with van der Waals surface area (Å²) >= 11 is 6.03. The Balaban J connectivity index is 0.000000235. The highest BCUT2D eigenvalue weighted by Crippen LogP contribution is 2.34. The standard InChI is InChI=1S/C15H14ClN3O3.C7H8O3S/c1-21-10-4-3-9(12(5-10)22-2)7-19-13(20)6-11-14(16)17-8-18-15(11)19;1-6-2-4-7(5-3-6)11(8,9)10/h3-5,8H,6-7H2,1-2H3;2-5H,1H3,(H,8,9,10). The summed E-state index contributed by atoms with van der Waals surface area (Å²) in [4.78, 5) is 21.9. The number of methoxy groups -OCH3 is 2. The number of anilines is 1. The fourth-order valence-corrected chi connectivity index (χ4v) is 3.83. The summed E-state index contributed by atoms with van der Waals surface area (Å²) in [5.74, 6) is 1.85. The van der Waals surface area contributed by atoms with E-state index in [0.717, 1.165) is 11.1 Å². The molecular formula is C22H22ClN3O6S. The maximum Gasteiger partial charge on any atom is 0.294 e. The number of carbonyl (C=O) groups is 1. The molecule has 0 bridgehead atoms. The van der Waals surface area contributed by atoms with Gasteiger partial charge in [0.25, 0.3) is 10.1 Å². The number of nitrogens with zero attached hydrogens (tertiary/aromatic N) is 3. The molecule has 174 valence electrons. The summed E-state index contributed by atoms with van der Waals surface area (Å²) in [6.45, 7) is 2.19. The lowest BCUT2D eigenvalue weighted by Crippen LogP contribution is -2.26. The van der Waals surface area contributed by atoms with Crippen LogP contribution < -0.4 is 14.4 Å². The first-order valence-electron chi connectivity index (χ1n) is 9.68. The molecule has 0 atom stereocenters. The van der Waals surface area contributed by atoms with Crippen LogP contribution in [0.5, 0.6) is 11.5 Å². The third kappa shape index (κ3) is 5.78. The summed E-state index contributed by atoms with van der Waals surface area (Å²) in [5.41, 5.74) is 2.48.